The number of rotatable bonds is 5. The van der Waals surface area contributed by atoms with Crippen molar-refractivity contribution in [2.24, 2.45) is 0 Å². The van der Waals surface area contributed by atoms with Crippen molar-refractivity contribution in [1.82, 2.24) is 5.32 Å². The molecule has 0 spiro atoms. The molecule has 3 aromatic carbocycles. The van der Waals surface area contributed by atoms with Gasteiger partial charge in [-0.3, -0.25) is 4.79 Å². The molecule has 1 amide bonds. The Morgan fingerprint density at radius 3 is 2.21 bits per heavy atom. The molecule has 0 bridgehead atoms. The lowest BCUT2D eigenvalue weighted by molar-refractivity contribution is -0.116. The molecule has 0 aromatic heterocycles. The Bertz CT molecular complexity index is 1050. The summed E-state index contributed by atoms with van der Waals surface area (Å²) in [5.41, 5.74) is 7.05. The van der Waals surface area contributed by atoms with Gasteiger partial charge in [0.15, 0.2) is 0 Å². The number of halogens is 1. The van der Waals surface area contributed by atoms with Crippen molar-refractivity contribution in [1.29, 1.82) is 0 Å². The van der Waals surface area contributed by atoms with Crippen LogP contribution in [0.25, 0.3) is 11.6 Å². The molecule has 0 unspecified atom stereocenters. The average molecular weight is 404 g/mol. The first-order valence-corrected chi connectivity index (χ1v) is 10.1. The number of carbonyl (C=O) groups excluding carboxylic acids is 1. The van der Waals surface area contributed by atoms with Gasteiger partial charge >= 0.3 is 0 Å². The molecule has 0 saturated carbocycles. The third kappa shape index (κ3) is 4.96. The maximum atomic E-state index is 13.3. The van der Waals surface area contributed by atoms with E-state index in [4.69, 9.17) is 11.6 Å². The molecule has 0 aliphatic heterocycles. The molecular weight excluding hydrogens is 378 g/mol. The highest BCUT2D eigenvalue weighted by atomic mass is 35.5. The molecule has 0 heterocycles. The van der Waals surface area contributed by atoms with Gasteiger partial charge in [-0.05, 0) is 73.2 Å². The van der Waals surface area contributed by atoms with Crippen LogP contribution in [0.3, 0.4) is 0 Å². The normalized spacial score (nSPS) is 12.5. The fraction of sp³-hybridized carbons (Fsp3) is 0.192. The Hall–Kier alpha value is -2.84. The molecule has 3 heteroatoms. The zero-order valence-corrected chi connectivity index (χ0v) is 18.0. The lowest BCUT2D eigenvalue weighted by atomic mass is 9.96. The molecule has 3 rings (SSSR count). The second-order valence-electron chi connectivity index (χ2n) is 7.43. The number of benzene rings is 3. The Labute approximate surface area is 178 Å². The van der Waals surface area contributed by atoms with Crippen molar-refractivity contribution in [2.75, 3.05) is 0 Å². The second-order valence-corrected chi connectivity index (χ2v) is 7.84. The van der Waals surface area contributed by atoms with E-state index in [2.05, 4.69) is 38.2 Å². The number of hydrogen-bond acceptors (Lipinski definition) is 1. The predicted octanol–water partition coefficient (Wildman–Crippen LogP) is 6.68. The molecule has 2 nitrogen and oxygen atoms in total. The van der Waals surface area contributed by atoms with Gasteiger partial charge in [-0.15, -0.1) is 0 Å². The fourth-order valence-corrected chi connectivity index (χ4v) is 3.64. The largest absolute Gasteiger partial charge is 0.345 e. The number of hydrogen-bond donors (Lipinski definition) is 1. The van der Waals surface area contributed by atoms with Crippen LogP contribution in [0.4, 0.5) is 0 Å². The summed E-state index contributed by atoms with van der Waals surface area (Å²) in [6.07, 6.45) is 1.85. The lowest BCUT2D eigenvalue weighted by Crippen LogP contribution is -2.28. The van der Waals surface area contributed by atoms with Gasteiger partial charge in [-0.25, -0.2) is 0 Å². The number of amides is 1. The first-order chi connectivity index (χ1) is 13.9. The Morgan fingerprint density at radius 1 is 0.897 bits per heavy atom. The zero-order chi connectivity index (χ0) is 21.0. The zero-order valence-electron chi connectivity index (χ0n) is 17.3. The molecule has 0 radical (unpaired) electrons. The van der Waals surface area contributed by atoms with Crippen molar-refractivity contribution in [3.8, 4) is 0 Å². The smallest absolute Gasteiger partial charge is 0.252 e. The van der Waals surface area contributed by atoms with Crippen LogP contribution in [0.1, 0.15) is 46.3 Å². The van der Waals surface area contributed by atoms with E-state index >= 15 is 0 Å². The summed E-state index contributed by atoms with van der Waals surface area (Å²) in [7, 11) is 0. The van der Waals surface area contributed by atoms with E-state index in [0.29, 0.717) is 10.6 Å². The minimum atomic E-state index is -0.124. The Kier molecular flexibility index (Phi) is 6.56. The van der Waals surface area contributed by atoms with Gasteiger partial charge in [0, 0.05) is 10.6 Å². The minimum Gasteiger partial charge on any atom is -0.345 e. The van der Waals surface area contributed by atoms with Gasteiger partial charge < -0.3 is 5.32 Å². The molecule has 29 heavy (non-hydrogen) atoms. The number of aryl methyl sites for hydroxylation is 3. The van der Waals surface area contributed by atoms with Crippen molar-refractivity contribution < 1.29 is 4.79 Å². The molecule has 148 valence electrons. The molecule has 0 fully saturated rings. The average Bonchev–Trinajstić information content (AvgIpc) is 2.70. The number of carbonyl (C=O) groups is 1. The highest BCUT2D eigenvalue weighted by molar-refractivity contribution is 6.33. The molecule has 1 atom stereocenters. The summed E-state index contributed by atoms with van der Waals surface area (Å²) >= 11 is 6.34. The lowest BCUT2D eigenvalue weighted by Gasteiger charge is -2.20. The van der Waals surface area contributed by atoms with E-state index in [1.807, 2.05) is 67.6 Å². The van der Waals surface area contributed by atoms with Crippen molar-refractivity contribution in [3.63, 3.8) is 0 Å². The van der Waals surface area contributed by atoms with Crippen LogP contribution in [-0.4, -0.2) is 5.91 Å². The minimum absolute atomic E-state index is 0.111. The van der Waals surface area contributed by atoms with E-state index in [9.17, 15) is 4.79 Å². The van der Waals surface area contributed by atoms with Crippen LogP contribution in [0.2, 0.25) is 5.02 Å². The van der Waals surface area contributed by atoms with Gasteiger partial charge in [-0.1, -0.05) is 72.3 Å². The van der Waals surface area contributed by atoms with Crippen molar-refractivity contribution in [2.45, 2.75) is 33.7 Å². The molecule has 1 N–H and O–H groups in total. The highest BCUT2D eigenvalue weighted by Gasteiger charge is 2.18. The third-order valence-corrected chi connectivity index (χ3v) is 5.58. The van der Waals surface area contributed by atoms with Crippen LogP contribution in [0.15, 0.2) is 66.7 Å². The SMILES string of the molecule is Cc1cc(C)c([C@@H](C)NC(=O)/C(=C/c2ccccc2Cl)c2ccccc2)cc1C. The van der Waals surface area contributed by atoms with Crippen LogP contribution < -0.4 is 5.32 Å². The van der Waals surface area contributed by atoms with E-state index in [-0.39, 0.29) is 11.9 Å². The van der Waals surface area contributed by atoms with Gasteiger partial charge in [0.05, 0.1) is 6.04 Å². The Balaban J connectivity index is 1.96. The molecule has 3 aromatic rings. The van der Waals surface area contributed by atoms with Crippen LogP contribution in [0, 0.1) is 20.8 Å². The van der Waals surface area contributed by atoms with E-state index < -0.39 is 0 Å². The van der Waals surface area contributed by atoms with Crippen molar-refractivity contribution >= 4 is 29.2 Å². The quantitative estimate of drug-likeness (QED) is 0.373. The maximum Gasteiger partial charge on any atom is 0.252 e. The monoisotopic (exact) mass is 403 g/mol. The van der Waals surface area contributed by atoms with E-state index in [0.717, 1.165) is 16.7 Å². The van der Waals surface area contributed by atoms with Crippen LogP contribution >= 0.6 is 11.6 Å². The van der Waals surface area contributed by atoms with Gasteiger partial charge in [0.1, 0.15) is 0 Å². The summed E-state index contributed by atoms with van der Waals surface area (Å²) in [5, 5.41) is 3.79. The molecule has 0 saturated heterocycles. The van der Waals surface area contributed by atoms with Gasteiger partial charge in [-0.2, -0.15) is 0 Å². The van der Waals surface area contributed by atoms with Crippen LogP contribution in [0.5, 0.6) is 0 Å². The summed E-state index contributed by atoms with van der Waals surface area (Å²) in [5.74, 6) is -0.124. The maximum absolute atomic E-state index is 13.3. The molecule has 0 aliphatic carbocycles. The number of nitrogens with one attached hydrogen (secondary N) is 1. The molecule has 0 aliphatic rings. The summed E-state index contributed by atoms with van der Waals surface area (Å²) < 4.78 is 0. The molecular formula is C26H26ClNO. The first-order valence-electron chi connectivity index (χ1n) is 9.77. The first kappa shape index (κ1) is 20.9. The summed E-state index contributed by atoms with van der Waals surface area (Å²) in [6, 6.07) is 21.4. The van der Waals surface area contributed by atoms with Crippen LogP contribution in [-0.2, 0) is 4.79 Å². The van der Waals surface area contributed by atoms with Gasteiger partial charge in [0.2, 0.25) is 0 Å². The van der Waals surface area contributed by atoms with E-state index in [1.165, 1.54) is 16.7 Å². The standard InChI is InChI=1S/C26H26ClNO/c1-17-14-19(3)23(15-18(17)2)20(4)28-26(29)24(21-10-6-5-7-11-21)16-22-12-8-9-13-25(22)27/h5-16,20H,1-4H3,(H,28,29)/b24-16+/t20-/m1/s1. The Morgan fingerprint density at radius 2 is 1.52 bits per heavy atom. The summed E-state index contributed by atoms with van der Waals surface area (Å²) in [4.78, 5) is 13.3. The predicted molar refractivity (Wildman–Crippen MR) is 123 cm³/mol. The highest BCUT2D eigenvalue weighted by Crippen LogP contribution is 2.26. The second kappa shape index (κ2) is 9.11. The topological polar surface area (TPSA) is 29.1 Å². The summed E-state index contributed by atoms with van der Waals surface area (Å²) in [6.45, 7) is 8.31. The van der Waals surface area contributed by atoms with Crippen molar-refractivity contribution in [3.05, 3.63) is 105 Å². The third-order valence-electron chi connectivity index (χ3n) is 5.23. The van der Waals surface area contributed by atoms with E-state index in [1.54, 1.807) is 0 Å². The van der Waals surface area contributed by atoms with Gasteiger partial charge in [0.25, 0.3) is 5.91 Å². The fourth-order valence-electron chi connectivity index (χ4n) is 3.45.